The van der Waals surface area contributed by atoms with Crippen LogP contribution in [-0.2, 0) is 9.05 Å². The van der Waals surface area contributed by atoms with Crippen molar-refractivity contribution >= 4 is 8.38 Å². The summed E-state index contributed by atoms with van der Waals surface area (Å²) in [5.74, 6) is 0. The van der Waals surface area contributed by atoms with Gasteiger partial charge in [-0.05, 0) is 0 Å². The first-order valence-electron chi connectivity index (χ1n) is 2.31. The van der Waals surface area contributed by atoms with Crippen LogP contribution in [0, 0.1) is 0 Å². The highest BCUT2D eigenvalue weighted by atomic mass is 31.2. The van der Waals surface area contributed by atoms with Gasteiger partial charge in [-0.15, -0.1) is 0 Å². The molecular formula is C4H11O3P. The topological polar surface area (TPSA) is 38.7 Å². The van der Waals surface area contributed by atoms with Crippen LogP contribution in [0.3, 0.4) is 0 Å². The molecule has 1 N–H and O–H groups in total. The van der Waals surface area contributed by atoms with E-state index in [1.54, 1.807) is 14.2 Å². The summed E-state index contributed by atoms with van der Waals surface area (Å²) in [7, 11) is 2.34. The van der Waals surface area contributed by atoms with Gasteiger partial charge in [-0.3, -0.25) is 0 Å². The highest BCUT2D eigenvalue weighted by Gasteiger charge is 2.02. The molecule has 50 valence electrons. The summed E-state index contributed by atoms with van der Waals surface area (Å²) in [4.78, 5) is 0. The maximum Gasteiger partial charge on any atom is 0.172 e. The van der Waals surface area contributed by atoms with Crippen LogP contribution < -0.4 is 0 Å². The Hall–Kier alpha value is 0.310. The van der Waals surface area contributed by atoms with Gasteiger partial charge in [0.15, 0.2) is 8.38 Å². The molecule has 0 amide bonds. The van der Waals surface area contributed by atoms with E-state index >= 15 is 0 Å². The molecule has 3 nitrogen and oxygen atoms in total. The maximum absolute atomic E-state index is 8.36. The predicted octanol–water partition coefficient (Wildman–Crippen LogP) is 0.583. The second-order valence-corrected chi connectivity index (χ2v) is 2.99. The number of hydrogen-bond acceptors (Lipinski definition) is 3. The summed E-state index contributed by atoms with van der Waals surface area (Å²) < 4.78 is 9.64. The standard InChI is InChI=1S/C4H11O3P/c1-6-8(7-2)4-3-5/h5H,3-4H2,1-2H3. The summed E-state index contributed by atoms with van der Waals surface area (Å²) in [6.45, 7) is 0.132. The van der Waals surface area contributed by atoms with Crippen LogP contribution in [0.1, 0.15) is 0 Å². The molecule has 0 spiro atoms. The fourth-order valence-corrected chi connectivity index (χ4v) is 1.02. The monoisotopic (exact) mass is 138 g/mol. The van der Waals surface area contributed by atoms with Crippen molar-refractivity contribution in [1.82, 2.24) is 0 Å². The third-order valence-corrected chi connectivity index (χ3v) is 2.07. The Morgan fingerprint density at radius 1 is 1.38 bits per heavy atom. The average molecular weight is 138 g/mol. The zero-order chi connectivity index (χ0) is 6.41. The molecule has 0 aromatic carbocycles. The van der Waals surface area contributed by atoms with Crippen LogP contribution in [-0.4, -0.2) is 32.1 Å². The molecule has 0 fully saturated rings. The average Bonchev–Trinajstić information content (AvgIpc) is 1.83. The Balaban J connectivity index is 3.07. The smallest absolute Gasteiger partial charge is 0.172 e. The quantitative estimate of drug-likeness (QED) is 0.577. The van der Waals surface area contributed by atoms with Crippen LogP contribution in [0.25, 0.3) is 0 Å². The van der Waals surface area contributed by atoms with Crippen LogP contribution >= 0.6 is 8.38 Å². The van der Waals surface area contributed by atoms with Crippen molar-refractivity contribution in [3.63, 3.8) is 0 Å². The highest BCUT2D eigenvalue weighted by Crippen LogP contribution is 2.34. The minimum atomic E-state index is -0.806. The molecule has 0 bridgehead atoms. The first-order valence-corrected chi connectivity index (χ1v) is 3.68. The molecule has 0 atom stereocenters. The summed E-state index contributed by atoms with van der Waals surface area (Å²) in [6, 6.07) is 0. The molecule has 0 aromatic rings. The van der Waals surface area contributed by atoms with E-state index in [1.165, 1.54) is 0 Å². The number of hydrogen-bond donors (Lipinski definition) is 1. The molecule has 0 saturated heterocycles. The van der Waals surface area contributed by atoms with Crippen LogP contribution in [0.15, 0.2) is 0 Å². The van der Waals surface area contributed by atoms with E-state index in [2.05, 4.69) is 0 Å². The number of aliphatic hydroxyl groups excluding tert-OH is 1. The van der Waals surface area contributed by atoms with Gasteiger partial charge in [0.05, 0.1) is 6.61 Å². The van der Waals surface area contributed by atoms with Gasteiger partial charge in [0.2, 0.25) is 0 Å². The largest absolute Gasteiger partial charge is 0.396 e. The van der Waals surface area contributed by atoms with Gasteiger partial charge in [0.25, 0.3) is 0 Å². The summed E-state index contributed by atoms with van der Waals surface area (Å²) in [5, 5.41) is 8.36. The van der Waals surface area contributed by atoms with E-state index in [4.69, 9.17) is 14.2 Å². The van der Waals surface area contributed by atoms with E-state index < -0.39 is 8.38 Å². The van der Waals surface area contributed by atoms with Crippen LogP contribution in [0.2, 0.25) is 0 Å². The van der Waals surface area contributed by atoms with Gasteiger partial charge in [-0.2, -0.15) is 0 Å². The van der Waals surface area contributed by atoms with Crippen molar-refractivity contribution in [1.29, 1.82) is 0 Å². The van der Waals surface area contributed by atoms with E-state index in [0.717, 1.165) is 0 Å². The van der Waals surface area contributed by atoms with Crippen LogP contribution in [0.5, 0.6) is 0 Å². The zero-order valence-corrected chi connectivity index (χ0v) is 6.02. The van der Waals surface area contributed by atoms with Gasteiger partial charge in [-0.1, -0.05) is 0 Å². The Morgan fingerprint density at radius 2 is 1.88 bits per heavy atom. The number of rotatable bonds is 4. The molecule has 0 unspecified atom stereocenters. The summed E-state index contributed by atoms with van der Waals surface area (Å²) >= 11 is 0. The third kappa shape index (κ3) is 3.33. The molecule has 0 radical (unpaired) electrons. The molecule has 4 heteroatoms. The van der Waals surface area contributed by atoms with E-state index in [9.17, 15) is 0 Å². The van der Waals surface area contributed by atoms with Gasteiger partial charge in [-0.25, -0.2) is 0 Å². The van der Waals surface area contributed by atoms with Gasteiger partial charge >= 0.3 is 0 Å². The Morgan fingerprint density at radius 3 is 2.00 bits per heavy atom. The lowest BCUT2D eigenvalue weighted by Crippen LogP contribution is -1.92. The predicted molar refractivity (Wildman–Crippen MR) is 32.9 cm³/mol. The van der Waals surface area contributed by atoms with Crippen LogP contribution in [0.4, 0.5) is 0 Å². The fraction of sp³-hybridized carbons (Fsp3) is 1.00. The summed E-state index contributed by atoms with van der Waals surface area (Å²) in [5.41, 5.74) is 0. The van der Waals surface area contributed by atoms with Crippen molar-refractivity contribution in [3.8, 4) is 0 Å². The van der Waals surface area contributed by atoms with E-state index in [0.29, 0.717) is 6.16 Å². The van der Waals surface area contributed by atoms with Crippen molar-refractivity contribution in [3.05, 3.63) is 0 Å². The van der Waals surface area contributed by atoms with Crippen molar-refractivity contribution in [2.75, 3.05) is 27.0 Å². The summed E-state index contributed by atoms with van der Waals surface area (Å²) in [6.07, 6.45) is 0.600. The maximum atomic E-state index is 8.36. The molecule has 0 aromatic heterocycles. The first-order chi connectivity index (χ1) is 3.85. The third-order valence-electron chi connectivity index (χ3n) is 0.690. The van der Waals surface area contributed by atoms with Gasteiger partial charge in [0.1, 0.15) is 0 Å². The van der Waals surface area contributed by atoms with Crippen molar-refractivity contribution in [2.24, 2.45) is 0 Å². The lowest BCUT2D eigenvalue weighted by Gasteiger charge is -2.08. The van der Waals surface area contributed by atoms with E-state index in [1.807, 2.05) is 0 Å². The normalized spacial score (nSPS) is 10.5. The number of aliphatic hydroxyl groups is 1. The second kappa shape index (κ2) is 5.45. The molecule has 0 aliphatic rings. The molecule has 0 aliphatic heterocycles. The first kappa shape index (κ1) is 8.31. The van der Waals surface area contributed by atoms with Crippen molar-refractivity contribution < 1.29 is 14.2 Å². The Labute approximate surface area is 50.5 Å². The van der Waals surface area contributed by atoms with E-state index in [-0.39, 0.29) is 6.61 Å². The Kier molecular flexibility index (Phi) is 5.66. The molecule has 0 rings (SSSR count). The molecule has 0 aliphatic carbocycles. The van der Waals surface area contributed by atoms with Gasteiger partial charge in [0, 0.05) is 20.4 Å². The SMILES string of the molecule is COP(CCO)OC. The second-order valence-electron chi connectivity index (χ2n) is 1.15. The minimum Gasteiger partial charge on any atom is -0.396 e. The highest BCUT2D eigenvalue weighted by molar-refractivity contribution is 7.47. The lowest BCUT2D eigenvalue weighted by atomic mass is 10.9. The minimum absolute atomic E-state index is 0.132. The van der Waals surface area contributed by atoms with Crippen molar-refractivity contribution in [2.45, 2.75) is 0 Å². The van der Waals surface area contributed by atoms with Gasteiger partial charge < -0.3 is 14.2 Å². The molecule has 0 heterocycles. The lowest BCUT2D eigenvalue weighted by molar-refractivity contribution is 0.295. The Bertz CT molecular complexity index is 46.5. The molecule has 0 saturated carbocycles. The molecule has 8 heavy (non-hydrogen) atoms. The molecular weight excluding hydrogens is 127 g/mol. The zero-order valence-electron chi connectivity index (χ0n) is 5.13. The fourth-order valence-electron chi connectivity index (χ4n) is 0.339.